The Morgan fingerprint density at radius 3 is 2.40 bits per heavy atom. The molecule has 3 saturated heterocycles. The molecule has 3 heterocycles. The summed E-state index contributed by atoms with van der Waals surface area (Å²) in [5.74, 6) is -1.49. The van der Waals surface area contributed by atoms with Gasteiger partial charge in [-0.2, -0.15) is 0 Å². The molecule has 0 aromatic heterocycles. The summed E-state index contributed by atoms with van der Waals surface area (Å²) in [5.41, 5.74) is 0.790. The van der Waals surface area contributed by atoms with Crippen molar-refractivity contribution in [1.29, 1.82) is 0 Å². The first-order chi connectivity index (χ1) is 19.2. The van der Waals surface area contributed by atoms with E-state index in [1.807, 2.05) is 35.2 Å². The lowest BCUT2D eigenvalue weighted by Crippen LogP contribution is -2.58. The number of amides is 3. The second kappa shape index (κ2) is 11.4. The minimum Gasteiger partial charge on any atom is -0.394 e. The molecule has 6 atom stereocenters. The largest absolute Gasteiger partial charge is 0.394 e. The van der Waals surface area contributed by atoms with Gasteiger partial charge in [-0.15, -0.1) is 24.9 Å². The van der Waals surface area contributed by atoms with Crippen LogP contribution in [0.5, 0.6) is 0 Å². The summed E-state index contributed by atoms with van der Waals surface area (Å²) in [4.78, 5) is 48.7. The summed E-state index contributed by atoms with van der Waals surface area (Å²) >= 11 is 1.68. The predicted octanol–water partition coefficient (Wildman–Crippen LogP) is 4.19. The zero-order chi connectivity index (χ0) is 28.7. The lowest BCUT2D eigenvalue weighted by atomic mass is 9.66. The van der Waals surface area contributed by atoms with Gasteiger partial charge in [-0.25, -0.2) is 0 Å². The number of rotatable bonds is 10. The lowest BCUT2D eigenvalue weighted by molar-refractivity contribution is -0.148. The van der Waals surface area contributed by atoms with Crippen LogP contribution in [-0.2, 0) is 14.4 Å². The van der Waals surface area contributed by atoms with Crippen LogP contribution in [0.25, 0.3) is 0 Å². The maximum absolute atomic E-state index is 14.9. The fraction of sp³-hybridized carbons (Fsp3) is 0.594. The zero-order valence-corrected chi connectivity index (χ0v) is 24.7. The summed E-state index contributed by atoms with van der Waals surface area (Å²) in [6, 6.07) is 8.14. The van der Waals surface area contributed by atoms with E-state index in [2.05, 4.69) is 20.1 Å². The van der Waals surface area contributed by atoms with E-state index < -0.39 is 33.4 Å². The summed E-state index contributed by atoms with van der Waals surface area (Å²) in [7, 11) is 1.76. The Labute approximate surface area is 242 Å². The fourth-order valence-electron chi connectivity index (χ4n) is 8.01. The molecule has 0 radical (unpaired) electrons. The van der Waals surface area contributed by atoms with Crippen molar-refractivity contribution >= 4 is 29.5 Å². The minimum absolute atomic E-state index is 0.0682. The molecule has 40 heavy (non-hydrogen) atoms. The van der Waals surface area contributed by atoms with Crippen molar-refractivity contribution < 1.29 is 19.5 Å². The molecule has 4 fully saturated rings. The molecule has 1 N–H and O–H groups in total. The first-order valence-corrected chi connectivity index (χ1v) is 15.5. The van der Waals surface area contributed by atoms with Crippen LogP contribution >= 0.6 is 11.8 Å². The topological polar surface area (TPSA) is 81.2 Å². The van der Waals surface area contributed by atoms with E-state index in [-0.39, 0.29) is 30.4 Å². The van der Waals surface area contributed by atoms with Gasteiger partial charge in [0.05, 0.1) is 29.2 Å². The van der Waals surface area contributed by atoms with Gasteiger partial charge in [0.25, 0.3) is 0 Å². The number of carbonyl (C=O) groups is 3. The first kappa shape index (κ1) is 28.9. The van der Waals surface area contributed by atoms with Gasteiger partial charge in [-0.05, 0) is 38.2 Å². The van der Waals surface area contributed by atoms with E-state index >= 15 is 0 Å². The number of likely N-dealkylation sites (tertiary alicyclic amines) is 1. The van der Waals surface area contributed by atoms with Crippen molar-refractivity contribution in [3.05, 3.63) is 61.2 Å². The molecule has 8 heteroatoms. The number of benzene rings is 1. The molecule has 3 aliphatic heterocycles. The number of fused-ring (bicyclic) bond motifs is 1. The van der Waals surface area contributed by atoms with Gasteiger partial charge in [0.1, 0.15) is 6.04 Å². The summed E-state index contributed by atoms with van der Waals surface area (Å²) in [5, 5.41) is 10.7. The highest BCUT2D eigenvalue weighted by atomic mass is 32.2. The average Bonchev–Trinajstić information content (AvgIpc) is 3.53. The second-order valence-corrected chi connectivity index (χ2v) is 14.1. The van der Waals surface area contributed by atoms with Crippen molar-refractivity contribution in [2.24, 2.45) is 11.8 Å². The van der Waals surface area contributed by atoms with Crippen molar-refractivity contribution in [1.82, 2.24) is 14.7 Å². The monoisotopic (exact) mass is 565 g/mol. The van der Waals surface area contributed by atoms with Crippen LogP contribution in [0.3, 0.4) is 0 Å². The number of aliphatic hydroxyl groups excluding tert-OH is 1. The van der Waals surface area contributed by atoms with Gasteiger partial charge in [-0.3, -0.25) is 14.4 Å². The lowest BCUT2D eigenvalue weighted by Gasteiger charge is -2.42. The molecule has 2 bridgehead atoms. The van der Waals surface area contributed by atoms with Gasteiger partial charge >= 0.3 is 0 Å². The van der Waals surface area contributed by atoms with Gasteiger partial charge in [-0.1, -0.05) is 61.7 Å². The van der Waals surface area contributed by atoms with Crippen LogP contribution in [0.2, 0.25) is 0 Å². The van der Waals surface area contributed by atoms with Crippen molar-refractivity contribution in [3.63, 3.8) is 0 Å². The van der Waals surface area contributed by atoms with Gasteiger partial charge in [0, 0.05) is 30.9 Å². The Kier molecular flexibility index (Phi) is 8.22. The number of hydrogen-bond donors (Lipinski definition) is 1. The van der Waals surface area contributed by atoms with Gasteiger partial charge < -0.3 is 19.8 Å². The van der Waals surface area contributed by atoms with E-state index in [1.54, 1.807) is 40.8 Å². The van der Waals surface area contributed by atoms with Crippen LogP contribution in [0, 0.1) is 11.8 Å². The second-order valence-electron chi connectivity index (χ2n) is 12.2. The Morgan fingerprint density at radius 2 is 1.77 bits per heavy atom. The SMILES string of the molecule is C=CCN(C)C(=O)[C@@H]1[C@H]2C(=O)N([C@H](CO)c3ccccc3)C(C(=O)N(CC=C)C3CCCCC3)C23CC[C@@]1(C)S3. The predicted molar refractivity (Wildman–Crippen MR) is 158 cm³/mol. The molecule has 1 spiro atoms. The van der Waals surface area contributed by atoms with Crippen molar-refractivity contribution in [3.8, 4) is 0 Å². The molecule has 1 saturated carbocycles. The quantitative estimate of drug-likeness (QED) is 0.431. The van der Waals surface area contributed by atoms with Gasteiger partial charge in [0.15, 0.2) is 0 Å². The number of thioether (sulfide) groups is 1. The van der Waals surface area contributed by atoms with Crippen molar-refractivity contribution in [2.45, 2.75) is 79.5 Å². The number of nitrogens with zero attached hydrogens (tertiary/aromatic N) is 3. The fourth-order valence-corrected chi connectivity index (χ4v) is 10.3. The van der Waals surface area contributed by atoms with E-state index in [1.165, 1.54) is 6.42 Å². The Balaban J connectivity index is 1.63. The molecule has 2 unspecified atom stereocenters. The Morgan fingerprint density at radius 1 is 1.10 bits per heavy atom. The molecule has 216 valence electrons. The summed E-state index contributed by atoms with van der Waals surface area (Å²) in [6.45, 7) is 10.4. The zero-order valence-electron chi connectivity index (χ0n) is 23.8. The third-order valence-corrected chi connectivity index (χ3v) is 11.8. The molecular weight excluding hydrogens is 522 g/mol. The van der Waals surface area contributed by atoms with E-state index in [9.17, 15) is 19.5 Å². The minimum atomic E-state index is -0.765. The molecule has 1 aliphatic carbocycles. The molecule has 3 amide bonds. The van der Waals surface area contributed by atoms with Crippen molar-refractivity contribution in [2.75, 3.05) is 26.7 Å². The van der Waals surface area contributed by atoms with Crippen LogP contribution in [0.1, 0.15) is 63.5 Å². The number of likely N-dealkylation sites (N-methyl/N-ethyl adjacent to an activating group) is 1. The van der Waals surface area contributed by atoms with Gasteiger partial charge in [0.2, 0.25) is 17.7 Å². The number of hydrogen-bond acceptors (Lipinski definition) is 5. The molecule has 1 aromatic rings. The van der Waals surface area contributed by atoms with Crippen LogP contribution in [0.4, 0.5) is 0 Å². The molecule has 7 nitrogen and oxygen atoms in total. The van der Waals surface area contributed by atoms with Crippen LogP contribution < -0.4 is 0 Å². The third kappa shape index (κ3) is 4.51. The Bertz CT molecular complexity index is 1150. The smallest absolute Gasteiger partial charge is 0.247 e. The first-order valence-electron chi connectivity index (χ1n) is 14.7. The molecular formula is C32H43N3O4S. The van der Waals surface area contributed by atoms with Crippen LogP contribution in [0.15, 0.2) is 55.6 Å². The maximum atomic E-state index is 14.9. The maximum Gasteiger partial charge on any atom is 0.247 e. The normalized spacial score (nSPS) is 32.0. The van der Waals surface area contributed by atoms with E-state index in [4.69, 9.17) is 0 Å². The highest BCUT2D eigenvalue weighted by Gasteiger charge is 2.78. The summed E-state index contributed by atoms with van der Waals surface area (Å²) < 4.78 is -1.17. The molecule has 5 rings (SSSR count). The Hall–Kier alpha value is -2.58. The average molecular weight is 566 g/mol. The molecule has 1 aromatic carbocycles. The van der Waals surface area contributed by atoms with E-state index in [0.717, 1.165) is 37.7 Å². The van der Waals surface area contributed by atoms with E-state index in [0.29, 0.717) is 19.5 Å². The highest BCUT2D eigenvalue weighted by molar-refractivity contribution is 8.02. The standard InChI is InChI=1S/C32H43N3O4S/c1-5-19-33(4)28(37)25-26-29(38)35(24(21-36)22-13-9-7-10-14-22)27(32(26)18-17-31(25,3)40-32)30(39)34(20-6-2)23-15-11-8-12-16-23/h5-7,9-10,13-14,23-27,36H,1-2,8,11-12,15-21H2,3-4H3/t24-,25+,26+,27?,31-,32?/m1/s1. The highest BCUT2D eigenvalue weighted by Crippen LogP contribution is 2.72. The third-order valence-electron chi connectivity index (χ3n) is 9.81. The number of aliphatic hydroxyl groups is 1. The number of carbonyl (C=O) groups excluding carboxylic acids is 3. The van der Waals surface area contributed by atoms with Crippen LogP contribution in [-0.4, -0.2) is 85.8 Å². The summed E-state index contributed by atoms with van der Waals surface area (Å²) in [6.07, 6.45) is 10.1. The molecule has 4 aliphatic rings.